The molecule has 0 aliphatic carbocycles. The molecule has 2 N–H and O–H groups in total. The van der Waals surface area contributed by atoms with Crippen LogP contribution in [0.3, 0.4) is 0 Å². The molecule has 0 bridgehead atoms. The van der Waals surface area contributed by atoms with Crippen molar-refractivity contribution in [3.8, 4) is 11.8 Å². The summed E-state index contributed by atoms with van der Waals surface area (Å²) in [6.07, 6.45) is -2.78. The molecule has 2 rings (SSSR count). The van der Waals surface area contributed by atoms with E-state index in [1.165, 1.54) is 4.90 Å². The van der Waals surface area contributed by atoms with Gasteiger partial charge < -0.3 is 10.4 Å². The molecule has 1 heterocycles. The van der Waals surface area contributed by atoms with Crippen molar-refractivity contribution in [1.29, 1.82) is 5.26 Å². The number of piperazine rings is 1. The predicted octanol–water partition coefficient (Wildman–Crippen LogP) is 2.46. The molecule has 124 valence electrons. The van der Waals surface area contributed by atoms with Crippen LogP contribution in [0.1, 0.15) is 17.2 Å². The van der Waals surface area contributed by atoms with Crippen LogP contribution < -0.4 is 5.32 Å². The van der Waals surface area contributed by atoms with Gasteiger partial charge in [0.05, 0.1) is 11.6 Å². The maximum Gasteiger partial charge on any atom is 0.258 e. The Morgan fingerprint density at radius 2 is 1.82 bits per heavy atom. The minimum absolute atomic E-state index is 0. The highest BCUT2D eigenvalue weighted by molar-refractivity contribution is 5.85. The van der Waals surface area contributed by atoms with Crippen molar-refractivity contribution in [3.05, 3.63) is 29.1 Å². The van der Waals surface area contributed by atoms with E-state index in [1.54, 1.807) is 6.07 Å². The Morgan fingerprint density at radius 1 is 1.23 bits per heavy atom. The Bertz CT molecular complexity index is 534. The first-order valence-corrected chi connectivity index (χ1v) is 6.20. The fraction of sp³-hybridized carbons (Fsp3) is 0.462. The second-order valence-electron chi connectivity index (χ2n) is 4.57. The van der Waals surface area contributed by atoms with Crippen LogP contribution in [0.2, 0.25) is 0 Å². The fourth-order valence-electron chi connectivity index (χ4n) is 2.36. The van der Waals surface area contributed by atoms with E-state index in [9.17, 15) is 18.3 Å². The van der Waals surface area contributed by atoms with Crippen LogP contribution in [0, 0.1) is 17.1 Å². The van der Waals surface area contributed by atoms with Crippen LogP contribution >= 0.6 is 24.8 Å². The molecule has 0 radical (unpaired) electrons. The zero-order valence-electron chi connectivity index (χ0n) is 11.4. The van der Waals surface area contributed by atoms with Crippen molar-refractivity contribution in [1.82, 2.24) is 10.2 Å². The smallest absolute Gasteiger partial charge is 0.258 e. The summed E-state index contributed by atoms with van der Waals surface area (Å²) in [5.74, 6) is -1.87. The van der Waals surface area contributed by atoms with Crippen molar-refractivity contribution >= 4 is 24.8 Å². The third-order valence-electron chi connectivity index (χ3n) is 3.32. The molecular formula is C13H16Cl2F3N3O. The Labute approximate surface area is 138 Å². The SMILES string of the molecule is Cl.Cl.N#Cc1cc(F)c(O)c([C@@H](C(F)F)N2CCNCC2)c1. The quantitative estimate of drug-likeness (QED) is 0.872. The molecule has 0 amide bonds. The van der Waals surface area contributed by atoms with Crippen LogP contribution in [0.5, 0.6) is 5.75 Å². The maximum atomic E-state index is 13.5. The third-order valence-corrected chi connectivity index (χ3v) is 3.32. The lowest BCUT2D eigenvalue weighted by atomic mass is 10.0. The number of benzene rings is 1. The van der Waals surface area contributed by atoms with E-state index in [0.29, 0.717) is 26.2 Å². The summed E-state index contributed by atoms with van der Waals surface area (Å²) in [5, 5.41) is 21.5. The average molecular weight is 358 g/mol. The van der Waals surface area contributed by atoms with Gasteiger partial charge in [0.2, 0.25) is 0 Å². The lowest BCUT2D eigenvalue weighted by molar-refractivity contribution is 0.0168. The Balaban J connectivity index is 0.00000220. The Morgan fingerprint density at radius 3 is 2.32 bits per heavy atom. The highest BCUT2D eigenvalue weighted by atomic mass is 35.5. The second-order valence-corrected chi connectivity index (χ2v) is 4.57. The second kappa shape index (κ2) is 9.06. The summed E-state index contributed by atoms with van der Waals surface area (Å²) in [7, 11) is 0. The molecule has 1 aromatic rings. The van der Waals surface area contributed by atoms with Crippen LogP contribution in [-0.2, 0) is 0 Å². The number of aromatic hydroxyl groups is 1. The van der Waals surface area contributed by atoms with Crippen molar-refractivity contribution < 1.29 is 18.3 Å². The standard InChI is InChI=1S/C13H14F3N3O.2ClH/c14-10-6-8(7-17)5-9(12(10)20)11(13(15)16)19-3-1-18-2-4-19;;/h5-6,11,13,18,20H,1-4H2;2*1H/t11-;;/m0../s1. The third kappa shape index (κ3) is 4.40. The molecule has 1 aliphatic heterocycles. The zero-order valence-corrected chi connectivity index (χ0v) is 13.1. The van der Waals surface area contributed by atoms with E-state index < -0.39 is 24.0 Å². The number of phenolic OH excluding ortho intramolecular Hbond substituents is 1. The normalized spacial score (nSPS) is 16.3. The zero-order chi connectivity index (χ0) is 14.7. The van der Waals surface area contributed by atoms with E-state index in [1.807, 2.05) is 0 Å². The molecule has 0 unspecified atom stereocenters. The average Bonchev–Trinajstić information content (AvgIpc) is 2.44. The first kappa shape index (κ1) is 20.8. The van der Waals surface area contributed by atoms with E-state index in [2.05, 4.69) is 5.32 Å². The molecule has 1 fully saturated rings. The summed E-state index contributed by atoms with van der Waals surface area (Å²) in [4.78, 5) is 1.48. The minimum Gasteiger partial charge on any atom is -0.505 e. The predicted molar refractivity (Wildman–Crippen MR) is 80.5 cm³/mol. The summed E-state index contributed by atoms with van der Waals surface area (Å²) < 4.78 is 40.2. The highest BCUT2D eigenvalue weighted by Gasteiger charge is 2.33. The molecule has 9 heteroatoms. The van der Waals surface area contributed by atoms with Gasteiger partial charge in [-0.2, -0.15) is 5.26 Å². The van der Waals surface area contributed by atoms with E-state index in [0.717, 1.165) is 12.1 Å². The summed E-state index contributed by atoms with van der Waals surface area (Å²) >= 11 is 0. The molecule has 0 aromatic heterocycles. The van der Waals surface area contributed by atoms with Gasteiger partial charge in [0.1, 0.15) is 6.04 Å². The van der Waals surface area contributed by atoms with Crippen molar-refractivity contribution in [3.63, 3.8) is 0 Å². The maximum absolute atomic E-state index is 13.5. The number of hydrogen-bond acceptors (Lipinski definition) is 4. The van der Waals surface area contributed by atoms with Crippen molar-refractivity contribution in [2.24, 2.45) is 0 Å². The molecule has 1 aromatic carbocycles. The summed E-state index contributed by atoms with van der Waals surface area (Å²) in [6, 6.07) is 2.24. The van der Waals surface area contributed by atoms with Crippen LogP contribution in [0.25, 0.3) is 0 Å². The van der Waals surface area contributed by atoms with Crippen LogP contribution in [-0.4, -0.2) is 42.6 Å². The number of nitriles is 1. The van der Waals surface area contributed by atoms with Gasteiger partial charge in [0.15, 0.2) is 11.6 Å². The molecular weight excluding hydrogens is 342 g/mol. The molecule has 4 nitrogen and oxygen atoms in total. The molecule has 1 saturated heterocycles. The number of nitrogens with zero attached hydrogens (tertiary/aromatic N) is 2. The molecule has 22 heavy (non-hydrogen) atoms. The number of phenols is 1. The highest BCUT2D eigenvalue weighted by Crippen LogP contribution is 2.35. The van der Waals surface area contributed by atoms with Crippen molar-refractivity contribution in [2.75, 3.05) is 26.2 Å². The van der Waals surface area contributed by atoms with Gasteiger partial charge in [-0.15, -0.1) is 24.8 Å². The first-order chi connectivity index (χ1) is 9.54. The number of nitrogens with one attached hydrogen (secondary N) is 1. The van der Waals surface area contributed by atoms with Gasteiger partial charge >= 0.3 is 0 Å². The largest absolute Gasteiger partial charge is 0.505 e. The number of rotatable bonds is 3. The Hall–Kier alpha value is -1.20. The number of hydrogen-bond donors (Lipinski definition) is 2. The van der Waals surface area contributed by atoms with E-state index >= 15 is 0 Å². The van der Waals surface area contributed by atoms with E-state index in [-0.39, 0.29) is 35.9 Å². The number of halogens is 5. The van der Waals surface area contributed by atoms with Crippen molar-refractivity contribution in [2.45, 2.75) is 12.5 Å². The number of alkyl halides is 2. The molecule has 0 spiro atoms. The minimum atomic E-state index is -2.78. The van der Waals surface area contributed by atoms with Gasteiger partial charge in [-0.3, -0.25) is 4.90 Å². The van der Waals surface area contributed by atoms with Crippen LogP contribution in [0.4, 0.5) is 13.2 Å². The fourth-order valence-corrected chi connectivity index (χ4v) is 2.36. The monoisotopic (exact) mass is 357 g/mol. The van der Waals surface area contributed by atoms with Gasteiger partial charge in [0.25, 0.3) is 6.43 Å². The van der Waals surface area contributed by atoms with Gasteiger partial charge in [-0.25, -0.2) is 13.2 Å². The van der Waals surface area contributed by atoms with Gasteiger partial charge in [-0.05, 0) is 12.1 Å². The van der Waals surface area contributed by atoms with Gasteiger partial charge in [-0.1, -0.05) is 0 Å². The summed E-state index contributed by atoms with van der Waals surface area (Å²) in [5.41, 5.74) is -0.325. The lowest BCUT2D eigenvalue weighted by Gasteiger charge is -2.34. The Kier molecular flexibility index (Phi) is 8.56. The molecule has 1 atom stereocenters. The molecule has 0 saturated carbocycles. The van der Waals surface area contributed by atoms with Gasteiger partial charge in [0, 0.05) is 31.7 Å². The first-order valence-electron chi connectivity index (χ1n) is 6.20. The van der Waals surface area contributed by atoms with Crippen LogP contribution in [0.15, 0.2) is 12.1 Å². The van der Waals surface area contributed by atoms with E-state index in [4.69, 9.17) is 5.26 Å². The lowest BCUT2D eigenvalue weighted by Crippen LogP contribution is -2.47. The topological polar surface area (TPSA) is 59.3 Å². The summed E-state index contributed by atoms with van der Waals surface area (Å²) in [6.45, 7) is 1.83. The molecule has 1 aliphatic rings.